The fourth-order valence-electron chi connectivity index (χ4n) is 2.09. The lowest BCUT2D eigenvalue weighted by molar-refractivity contribution is -0.131. The van der Waals surface area contributed by atoms with E-state index in [1.807, 2.05) is 31.2 Å². The summed E-state index contributed by atoms with van der Waals surface area (Å²) >= 11 is 0. The van der Waals surface area contributed by atoms with Crippen LogP contribution in [0.25, 0.3) is 0 Å². The molecular formula is C14H19NO4. The second-order valence-corrected chi connectivity index (χ2v) is 4.85. The van der Waals surface area contributed by atoms with Gasteiger partial charge in [0.2, 0.25) is 5.91 Å². The van der Waals surface area contributed by atoms with Crippen LogP contribution in [0.5, 0.6) is 5.75 Å². The van der Waals surface area contributed by atoms with Gasteiger partial charge in [0.25, 0.3) is 0 Å². The standard InChI is InChI=1S/C14H19NO4/c1-10-3-2-4-11(7-10)19-6-5-14(18)15-8-12(16)13(17)9-15/h2-4,7,12-13,16-17H,5-6,8-9H2,1H3. The molecule has 0 saturated carbocycles. The van der Waals surface area contributed by atoms with Crippen molar-refractivity contribution in [2.24, 2.45) is 0 Å². The average molecular weight is 265 g/mol. The second-order valence-electron chi connectivity index (χ2n) is 4.85. The Labute approximate surface area is 112 Å². The summed E-state index contributed by atoms with van der Waals surface area (Å²) in [6.45, 7) is 2.67. The highest BCUT2D eigenvalue weighted by molar-refractivity contribution is 5.76. The first kappa shape index (κ1) is 13.8. The fourth-order valence-corrected chi connectivity index (χ4v) is 2.09. The molecule has 1 aliphatic rings. The van der Waals surface area contributed by atoms with E-state index in [9.17, 15) is 15.0 Å². The fraction of sp³-hybridized carbons (Fsp3) is 0.500. The van der Waals surface area contributed by atoms with E-state index in [0.717, 1.165) is 11.3 Å². The van der Waals surface area contributed by atoms with Crippen molar-refractivity contribution < 1.29 is 19.7 Å². The van der Waals surface area contributed by atoms with Gasteiger partial charge in [0.1, 0.15) is 5.75 Å². The molecule has 1 saturated heterocycles. The number of nitrogens with zero attached hydrogens (tertiary/aromatic N) is 1. The van der Waals surface area contributed by atoms with Crippen LogP contribution in [0.3, 0.4) is 0 Å². The summed E-state index contributed by atoms with van der Waals surface area (Å²) in [5.41, 5.74) is 1.11. The molecule has 5 nitrogen and oxygen atoms in total. The molecule has 1 amide bonds. The van der Waals surface area contributed by atoms with Crippen molar-refractivity contribution in [2.75, 3.05) is 19.7 Å². The highest BCUT2D eigenvalue weighted by Crippen LogP contribution is 2.14. The molecule has 0 aromatic heterocycles. The van der Waals surface area contributed by atoms with Crippen LogP contribution >= 0.6 is 0 Å². The molecule has 2 unspecified atom stereocenters. The molecule has 19 heavy (non-hydrogen) atoms. The zero-order valence-corrected chi connectivity index (χ0v) is 11.0. The van der Waals surface area contributed by atoms with Gasteiger partial charge in [0.15, 0.2) is 0 Å². The number of aliphatic hydroxyl groups excluding tert-OH is 2. The molecule has 2 N–H and O–H groups in total. The van der Waals surface area contributed by atoms with Crippen molar-refractivity contribution in [2.45, 2.75) is 25.6 Å². The maximum absolute atomic E-state index is 11.8. The third-order valence-electron chi connectivity index (χ3n) is 3.19. The summed E-state index contributed by atoms with van der Waals surface area (Å²) < 4.78 is 5.50. The molecule has 1 fully saturated rings. The monoisotopic (exact) mass is 265 g/mol. The zero-order chi connectivity index (χ0) is 13.8. The maximum Gasteiger partial charge on any atom is 0.226 e. The van der Waals surface area contributed by atoms with Crippen molar-refractivity contribution in [1.29, 1.82) is 0 Å². The van der Waals surface area contributed by atoms with E-state index in [1.54, 1.807) is 0 Å². The highest BCUT2D eigenvalue weighted by Gasteiger charge is 2.32. The number of hydrogen-bond donors (Lipinski definition) is 2. The van der Waals surface area contributed by atoms with Crippen molar-refractivity contribution in [1.82, 2.24) is 4.90 Å². The van der Waals surface area contributed by atoms with Gasteiger partial charge in [-0.1, -0.05) is 12.1 Å². The van der Waals surface area contributed by atoms with E-state index in [4.69, 9.17) is 4.74 Å². The minimum Gasteiger partial charge on any atom is -0.493 e. The molecule has 5 heteroatoms. The first-order valence-corrected chi connectivity index (χ1v) is 6.39. The first-order chi connectivity index (χ1) is 9.06. The molecule has 0 radical (unpaired) electrons. The number of carbonyl (C=O) groups is 1. The largest absolute Gasteiger partial charge is 0.493 e. The molecule has 1 aromatic rings. The number of ether oxygens (including phenoxy) is 1. The van der Waals surface area contributed by atoms with Crippen molar-refractivity contribution in [3.63, 3.8) is 0 Å². The lowest BCUT2D eigenvalue weighted by Crippen LogP contribution is -2.30. The van der Waals surface area contributed by atoms with Crippen LogP contribution in [0, 0.1) is 6.92 Å². The lowest BCUT2D eigenvalue weighted by atomic mass is 10.2. The molecule has 1 aliphatic heterocycles. The number of β-amino-alcohol motifs (C(OH)–C–C–N with tert-alkyl or cyclic N) is 2. The molecule has 2 atom stereocenters. The van der Waals surface area contributed by atoms with E-state index in [2.05, 4.69) is 0 Å². The summed E-state index contributed by atoms with van der Waals surface area (Å²) in [6, 6.07) is 7.64. The van der Waals surface area contributed by atoms with E-state index in [-0.39, 0.29) is 25.4 Å². The Hall–Kier alpha value is -1.59. The van der Waals surface area contributed by atoms with Gasteiger partial charge in [-0.3, -0.25) is 4.79 Å². The Kier molecular flexibility index (Phi) is 4.39. The molecule has 1 heterocycles. The van der Waals surface area contributed by atoms with Gasteiger partial charge in [0, 0.05) is 13.1 Å². The Balaban J connectivity index is 1.75. The third kappa shape index (κ3) is 3.68. The van der Waals surface area contributed by atoms with Crippen molar-refractivity contribution in [3.05, 3.63) is 29.8 Å². The van der Waals surface area contributed by atoms with E-state index >= 15 is 0 Å². The summed E-state index contributed by atoms with van der Waals surface area (Å²) in [5.74, 6) is 0.637. The van der Waals surface area contributed by atoms with Crippen LogP contribution in [0.4, 0.5) is 0 Å². The smallest absolute Gasteiger partial charge is 0.226 e. The zero-order valence-electron chi connectivity index (χ0n) is 11.0. The second kappa shape index (κ2) is 6.04. The number of hydrogen-bond acceptors (Lipinski definition) is 4. The van der Waals surface area contributed by atoms with Crippen LogP contribution in [0.1, 0.15) is 12.0 Å². The molecule has 2 rings (SSSR count). The SMILES string of the molecule is Cc1cccc(OCCC(=O)N2CC(O)C(O)C2)c1. The van der Waals surface area contributed by atoms with Crippen molar-refractivity contribution >= 4 is 5.91 Å². The minimum atomic E-state index is -0.832. The van der Waals surface area contributed by atoms with Gasteiger partial charge < -0.3 is 19.8 Å². The quantitative estimate of drug-likeness (QED) is 0.823. The van der Waals surface area contributed by atoms with Crippen LogP contribution in [0.15, 0.2) is 24.3 Å². The average Bonchev–Trinajstić information content (AvgIpc) is 2.70. The predicted molar refractivity (Wildman–Crippen MR) is 69.9 cm³/mol. The van der Waals surface area contributed by atoms with Gasteiger partial charge in [0.05, 0.1) is 25.2 Å². The Morgan fingerprint density at radius 1 is 1.37 bits per heavy atom. The van der Waals surface area contributed by atoms with Gasteiger partial charge in [-0.25, -0.2) is 0 Å². The summed E-state index contributed by atoms with van der Waals surface area (Å²) in [6.07, 6.45) is -1.42. The number of benzene rings is 1. The number of likely N-dealkylation sites (tertiary alicyclic amines) is 1. The molecule has 104 valence electrons. The number of aryl methyl sites for hydroxylation is 1. The van der Waals surface area contributed by atoms with Crippen LogP contribution in [-0.2, 0) is 4.79 Å². The topological polar surface area (TPSA) is 70.0 Å². The first-order valence-electron chi connectivity index (χ1n) is 6.39. The molecular weight excluding hydrogens is 246 g/mol. The maximum atomic E-state index is 11.8. The lowest BCUT2D eigenvalue weighted by Gasteiger charge is -2.15. The third-order valence-corrected chi connectivity index (χ3v) is 3.19. The van der Waals surface area contributed by atoms with Crippen LogP contribution in [-0.4, -0.2) is 52.9 Å². The normalized spacial score (nSPS) is 22.6. The summed E-state index contributed by atoms with van der Waals surface area (Å²) in [5, 5.41) is 18.8. The van der Waals surface area contributed by atoms with Crippen molar-refractivity contribution in [3.8, 4) is 5.75 Å². The Morgan fingerprint density at radius 2 is 2.05 bits per heavy atom. The number of carbonyl (C=O) groups excluding carboxylic acids is 1. The van der Waals surface area contributed by atoms with Gasteiger partial charge >= 0.3 is 0 Å². The minimum absolute atomic E-state index is 0.108. The molecule has 0 bridgehead atoms. The highest BCUT2D eigenvalue weighted by atomic mass is 16.5. The molecule has 0 spiro atoms. The van der Waals surface area contributed by atoms with Gasteiger partial charge in [-0.2, -0.15) is 0 Å². The Morgan fingerprint density at radius 3 is 2.68 bits per heavy atom. The van der Waals surface area contributed by atoms with Crippen LogP contribution in [0.2, 0.25) is 0 Å². The number of amides is 1. The molecule has 0 aliphatic carbocycles. The Bertz CT molecular complexity index is 439. The van der Waals surface area contributed by atoms with Crippen LogP contribution < -0.4 is 4.74 Å². The summed E-state index contributed by atoms with van der Waals surface area (Å²) in [4.78, 5) is 13.3. The van der Waals surface area contributed by atoms with E-state index in [1.165, 1.54) is 4.90 Å². The van der Waals surface area contributed by atoms with Gasteiger partial charge in [-0.15, -0.1) is 0 Å². The summed E-state index contributed by atoms with van der Waals surface area (Å²) in [7, 11) is 0. The van der Waals surface area contributed by atoms with E-state index < -0.39 is 12.2 Å². The number of aliphatic hydroxyl groups is 2. The molecule has 1 aromatic carbocycles. The van der Waals surface area contributed by atoms with E-state index in [0.29, 0.717) is 6.61 Å². The van der Waals surface area contributed by atoms with Gasteiger partial charge in [-0.05, 0) is 24.6 Å². The predicted octanol–water partition coefficient (Wildman–Crippen LogP) is 0.328. The number of rotatable bonds is 4.